The summed E-state index contributed by atoms with van der Waals surface area (Å²) < 4.78 is 0. The van der Waals surface area contributed by atoms with Gasteiger partial charge in [-0.15, -0.1) is 0 Å². The summed E-state index contributed by atoms with van der Waals surface area (Å²) in [4.78, 5) is 21.9. The number of amides is 1. The summed E-state index contributed by atoms with van der Waals surface area (Å²) in [5, 5.41) is 3.11. The minimum absolute atomic E-state index is 0.208. The molecule has 0 fully saturated rings. The van der Waals surface area contributed by atoms with Crippen LogP contribution in [0.2, 0.25) is 0 Å². The van der Waals surface area contributed by atoms with Crippen LogP contribution >= 0.6 is 0 Å². The van der Waals surface area contributed by atoms with E-state index in [9.17, 15) is 4.79 Å². The molecule has 2 rings (SSSR count). The van der Waals surface area contributed by atoms with Crippen molar-refractivity contribution in [1.82, 2.24) is 9.97 Å². The zero-order chi connectivity index (χ0) is 14.7. The van der Waals surface area contributed by atoms with E-state index < -0.39 is 5.91 Å². The number of hydrogen-bond donors (Lipinski definition) is 2. The van der Waals surface area contributed by atoms with Gasteiger partial charge in [-0.3, -0.25) is 4.79 Å². The smallest absolute Gasteiger partial charge is 0.269 e. The topological polar surface area (TPSA) is 84.1 Å². The summed E-state index contributed by atoms with van der Waals surface area (Å²) in [5.74, 6) is 0.0546. The van der Waals surface area contributed by atoms with E-state index >= 15 is 0 Å². The molecule has 0 radical (unpaired) electrons. The van der Waals surface area contributed by atoms with Gasteiger partial charge in [0, 0.05) is 26.0 Å². The van der Waals surface area contributed by atoms with E-state index in [-0.39, 0.29) is 5.69 Å². The molecule has 0 aromatic carbocycles. The number of nitrogens with zero attached hydrogens (tertiary/aromatic N) is 3. The van der Waals surface area contributed by atoms with Crippen molar-refractivity contribution in [3.63, 3.8) is 0 Å². The maximum absolute atomic E-state index is 11.6. The van der Waals surface area contributed by atoms with Crippen LogP contribution in [0.1, 0.15) is 16.2 Å². The average Bonchev–Trinajstić information content (AvgIpc) is 2.41. The highest BCUT2D eigenvalue weighted by Gasteiger charge is 2.17. The second-order valence-electron chi connectivity index (χ2n) is 4.61. The number of aryl methyl sites for hydroxylation is 1. The van der Waals surface area contributed by atoms with E-state index in [2.05, 4.69) is 15.3 Å². The van der Waals surface area contributed by atoms with Gasteiger partial charge in [-0.1, -0.05) is 6.07 Å². The van der Waals surface area contributed by atoms with Crippen molar-refractivity contribution in [3.05, 3.63) is 41.9 Å². The lowest BCUT2D eigenvalue weighted by Gasteiger charge is -2.20. The highest BCUT2D eigenvalue weighted by Crippen LogP contribution is 2.30. The average molecular weight is 271 g/mol. The van der Waals surface area contributed by atoms with Crippen LogP contribution in [0.15, 0.2) is 30.5 Å². The lowest BCUT2D eigenvalue weighted by atomic mass is 10.2. The monoisotopic (exact) mass is 271 g/mol. The molecule has 6 heteroatoms. The van der Waals surface area contributed by atoms with Gasteiger partial charge in [-0.25, -0.2) is 9.97 Å². The fourth-order valence-electron chi connectivity index (χ4n) is 1.87. The Morgan fingerprint density at radius 1 is 1.35 bits per heavy atom. The molecule has 0 bridgehead atoms. The number of pyridine rings is 2. The van der Waals surface area contributed by atoms with Gasteiger partial charge in [0.25, 0.3) is 5.91 Å². The minimum atomic E-state index is -0.574. The Balaban J connectivity index is 2.56. The molecular formula is C14H17N5O. The van der Waals surface area contributed by atoms with Crippen LogP contribution in [-0.2, 0) is 0 Å². The molecule has 0 saturated carbocycles. The lowest BCUT2D eigenvalue weighted by Crippen LogP contribution is -2.20. The van der Waals surface area contributed by atoms with E-state index in [0.717, 1.165) is 11.4 Å². The standard InChI is InChI=1S/C14H17N5O/c1-9-8-10(19(2)3)12(13(17-9)14(15)20)18-11-6-4-5-7-16-11/h4-8H,1-3H3,(H2,15,20)(H,16,18). The van der Waals surface area contributed by atoms with Crippen LogP contribution in [0.5, 0.6) is 0 Å². The third kappa shape index (κ3) is 2.85. The van der Waals surface area contributed by atoms with Gasteiger partial charge >= 0.3 is 0 Å². The summed E-state index contributed by atoms with van der Waals surface area (Å²) in [7, 11) is 3.78. The van der Waals surface area contributed by atoms with E-state index in [1.54, 1.807) is 6.20 Å². The quantitative estimate of drug-likeness (QED) is 0.884. The van der Waals surface area contributed by atoms with Crippen molar-refractivity contribution in [2.24, 2.45) is 5.73 Å². The normalized spacial score (nSPS) is 10.2. The number of aromatic nitrogens is 2. The number of anilines is 3. The Kier molecular flexibility index (Phi) is 3.84. The summed E-state index contributed by atoms with van der Waals surface area (Å²) in [6.07, 6.45) is 1.67. The van der Waals surface area contributed by atoms with E-state index in [1.807, 2.05) is 50.2 Å². The van der Waals surface area contributed by atoms with Crippen LogP contribution < -0.4 is 16.0 Å². The first-order valence-corrected chi connectivity index (χ1v) is 6.16. The number of rotatable bonds is 4. The molecule has 0 aliphatic rings. The Morgan fingerprint density at radius 3 is 2.65 bits per heavy atom. The maximum atomic E-state index is 11.6. The molecule has 0 unspecified atom stereocenters. The number of carbonyl (C=O) groups is 1. The molecule has 0 aliphatic carbocycles. The highest BCUT2D eigenvalue weighted by atomic mass is 16.1. The van der Waals surface area contributed by atoms with E-state index in [1.165, 1.54) is 0 Å². The van der Waals surface area contributed by atoms with Crippen molar-refractivity contribution in [2.75, 3.05) is 24.3 Å². The van der Waals surface area contributed by atoms with Crippen molar-refractivity contribution >= 4 is 23.1 Å². The van der Waals surface area contributed by atoms with Crippen LogP contribution in [0.25, 0.3) is 0 Å². The molecule has 2 heterocycles. The first-order chi connectivity index (χ1) is 9.49. The molecule has 6 nitrogen and oxygen atoms in total. The molecular weight excluding hydrogens is 254 g/mol. The fourth-order valence-corrected chi connectivity index (χ4v) is 1.87. The van der Waals surface area contributed by atoms with E-state index in [0.29, 0.717) is 11.5 Å². The summed E-state index contributed by atoms with van der Waals surface area (Å²) in [6, 6.07) is 7.37. The second-order valence-corrected chi connectivity index (χ2v) is 4.61. The molecule has 0 spiro atoms. The van der Waals surface area contributed by atoms with Crippen molar-refractivity contribution in [1.29, 1.82) is 0 Å². The fraction of sp³-hybridized carbons (Fsp3) is 0.214. The first-order valence-electron chi connectivity index (χ1n) is 6.16. The second kappa shape index (κ2) is 5.56. The molecule has 2 aromatic heterocycles. The molecule has 0 atom stereocenters. The van der Waals surface area contributed by atoms with Gasteiger partial charge in [0.05, 0.1) is 11.4 Å². The minimum Gasteiger partial charge on any atom is -0.376 e. The first kappa shape index (κ1) is 13.8. The maximum Gasteiger partial charge on any atom is 0.269 e. The Hall–Kier alpha value is -2.63. The van der Waals surface area contributed by atoms with Crippen molar-refractivity contribution in [2.45, 2.75) is 6.92 Å². The van der Waals surface area contributed by atoms with Crippen LogP contribution in [0.4, 0.5) is 17.2 Å². The predicted octanol–water partition coefficient (Wildman–Crippen LogP) is 1.69. The van der Waals surface area contributed by atoms with Crippen LogP contribution in [-0.4, -0.2) is 30.0 Å². The third-order valence-corrected chi connectivity index (χ3v) is 2.76. The largest absolute Gasteiger partial charge is 0.376 e. The molecule has 20 heavy (non-hydrogen) atoms. The van der Waals surface area contributed by atoms with E-state index in [4.69, 9.17) is 5.73 Å². The molecule has 104 valence electrons. The number of nitrogens with two attached hydrogens (primary N) is 1. The summed E-state index contributed by atoms with van der Waals surface area (Å²) >= 11 is 0. The number of carbonyl (C=O) groups excluding carboxylic acids is 1. The highest BCUT2D eigenvalue weighted by molar-refractivity contribution is 6.00. The molecule has 2 aromatic rings. The number of hydrogen-bond acceptors (Lipinski definition) is 5. The molecule has 0 aliphatic heterocycles. The molecule has 3 N–H and O–H groups in total. The third-order valence-electron chi connectivity index (χ3n) is 2.76. The van der Waals surface area contributed by atoms with Gasteiger partial charge in [0.2, 0.25) is 0 Å². The zero-order valence-corrected chi connectivity index (χ0v) is 11.7. The number of primary amides is 1. The van der Waals surface area contributed by atoms with Crippen molar-refractivity contribution < 1.29 is 4.79 Å². The Morgan fingerprint density at radius 2 is 2.10 bits per heavy atom. The predicted molar refractivity (Wildman–Crippen MR) is 79.3 cm³/mol. The zero-order valence-electron chi connectivity index (χ0n) is 11.7. The SMILES string of the molecule is Cc1cc(N(C)C)c(Nc2ccccn2)c(C(N)=O)n1. The van der Waals surface area contributed by atoms with Gasteiger partial charge in [0.1, 0.15) is 5.82 Å². The van der Waals surface area contributed by atoms with Gasteiger partial charge in [-0.05, 0) is 25.1 Å². The van der Waals surface area contributed by atoms with Gasteiger partial charge in [0.15, 0.2) is 5.69 Å². The van der Waals surface area contributed by atoms with Crippen LogP contribution in [0, 0.1) is 6.92 Å². The summed E-state index contributed by atoms with van der Waals surface area (Å²) in [5.41, 5.74) is 7.76. The molecule has 1 amide bonds. The van der Waals surface area contributed by atoms with Crippen LogP contribution in [0.3, 0.4) is 0 Å². The Bertz CT molecular complexity index is 625. The Labute approximate surface area is 117 Å². The van der Waals surface area contributed by atoms with Gasteiger partial charge in [-0.2, -0.15) is 0 Å². The summed E-state index contributed by atoms with van der Waals surface area (Å²) in [6.45, 7) is 1.82. The molecule has 0 saturated heterocycles. The van der Waals surface area contributed by atoms with Crippen molar-refractivity contribution in [3.8, 4) is 0 Å². The lowest BCUT2D eigenvalue weighted by molar-refractivity contribution is 0.0996. The number of nitrogens with one attached hydrogen (secondary N) is 1. The van der Waals surface area contributed by atoms with Gasteiger partial charge < -0.3 is 16.0 Å².